The van der Waals surface area contributed by atoms with E-state index in [4.69, 9.17) is 9.05 Å². The summed E-state index contributed by atoms with van der Waals surface area (Å²) in [7, 11) is 1.31. The summed E-state index contributed by atoms with van der Waals surface area (Å²) < 4.78 is 23.4. The van der Waals surface area contributed by atoms with Gasteiger partial charge in [-0.1, -0.05) is 270 Å². The van der Waals surface area contributed by atoms with E-state index >= 15 is 0 Å². The third kappa shape index (κ3) is 52.9. The van der Waals surface area contributed by atoms with Crippen molar-refractivity contribution in [2.45, 2.75) is 315 Å². The summed E-state index contributed by atoms with van der Waals surface area (Å²) in [4.78, 5) is 25.5. The van der Waals surface area contributed by atoms with Gasteiger partial charge in [-0.15, -0.1) is 0 Å². The van der Waals surface area contributed by atoms with Gasteiger partial charge in [-0.25, -0.2) is 0 Å². The maximum absolute atomic E-state index is 13.0. The van der Waals surface area contributed by atoms with Crippen LogP contribution in [0.5, 0.6) is 0 Å². The average Bonchev–Trinajstić information content (AvgIpc) is 3.29. The van der Waals surface area contributed by atoms with Crippen LogP contribution in [0.1, 0.15) is 303 Å². The number of aliphatic hydroxyl groups excluding tert-OH is 1. The minimum Gasteiger partial charge on any atom is -0.756 e. The molecule has 0 rings (SSSR count). The average molecular weight is 970 g/mol. The number of nitrogens with zero attached hydrogens (tertiary/aromatic N) is 1. The highest BCUT2D eigenvalue weighted by molar-refractivity contribution is 7.45. The summed E-state index contributed by atoms with van der Waals surface area (Å²) in [5, 5.41) is 14.0. The van der Waals surface area contributed by atoms with Gasteiger partial charge in [-0.05, 0) is 38.5 Å². The van der Waals surface area contributed by atoms with E-state index in [0.29, 0.717) is 23.9 Å². The van der Waals surface area contributed by atoms with E-state index in [1.54, 1.807) is 0 Å². The van der Waals surface area contributed by atoms with Crippen molar-refractivity contribution < 1.29 is 32.9 Å². The van der Waals surface area contributed by atoms with Gasteiger partial charge in [0.2, 0.25) is 5.91 Å². The SMILES string of the molecule is CCCCCCCCC/C=C\CCCCCCCC(=O)NC(COP(=O)([O-])OCC[N+](C)(C)C)C(O)CCCCCCCCCCCCCCCCCCCCCCCCCCCCCCC. The van der Waals surface area contributed by atoms with Crippen LogP contribution in [0, 0.1) is 0 Å². The normalized spacial score (nSPS) is 14.0. The van der Waals surface area contributed by atoms with Crippen LogP contribution in [0.4, 0.5) is 0 Å². The molecule has 0 radical (unpaired) electrons. The quantitative estimate of drug-likeness (QED) is 0.0272. The van der Waals surface area contributed by atoms with E-state index in [0.717, 1.165) is 51.4 Å². The van der Waals surface area contributed by atoms with Crippen molar-refractivity contribution in [2.24, 2.45) is 0 Å². The van der Waals surface area contributed by atoms with Crippen molar-refractivity contribution in [3.8, 4) is 0 Å². The second-order valence-corrected chi connectivity index (χ2v) is 23.1. The number of phosphoric acid groups is 1. The molecule has 67 heavy (non-hydrogen) atoms. The number of aliphatic hydroxyl groups is 1. The molecule has 0 saturated heterocycles. The highest BCUT2D eigenvalue weighted by Gasteiger charge is 2.24. The van der Waals surface area contributed by atoms with Gasteiger partial charge < -0.3 is 28.8 Å². The first-order valence-corrected chi connectivity index (χ1v) is 31.0. The standard InChI is InChI=1S/C58H117N2O6P/c1-6-8-10-12-14-16-18-20-22-24-25-26-27-28-29-30-31-32-33-34-35-36-37-39-41-43-45-47-49-51-57(61)56(55-66-67(63,64)65-54-53-60(3,4)5)59-58(62)52-50-48-46-44-42-40-38-23-21-19-17-15-13-11-9-7-2/h23,38,56-57,61H,6-22,24-37,39-55H2,1-5H3,(H-,59,62,63,64)/b38-23-. The molecule has 0 aromatic heterocycles. The summed E-state index contributed by atoms with van der Waals surface area (Å²) in [5.41, 5.74) is 0. The molecule has 3 unspecified atom stereocenters. The van der Waals surface area contributed by atoms with Gasteiger partial charge in [-0.3, -0.25) is 9.36 Å². The maximum atomic E-state index is 13.0. The molecule has 0 aromatic carbocycles. The number of unbranched alkanes of at least 4 members (excludes halogenated alkanes) is 40. The van der Waals surface area contributed by atoms with Gasteiger partial charge in [0.05, 0.1) is 39.9 Å². The van der Waals surface area contributed by atoms with Gasteiger partial charge in [-0.2, -0.15) is 0 Å². The van der Waals surface area contributed by atoms with Crippen LogP contribution in [0.25, 0.3) is 0 Å². The Labute approximate surface area is 418 Å². The molecule has 0 bridgehead atoms. The highest BCUT2D eigenvalue weighted by atomic mass is 31.2. The zero-order valence-electron chi connectivity index (χ0n) is 45.6. The fourth-order valence-corrected chi connectivity index (χ4v) is 9.82. The number of amides is 1. The summed E-state index contributed by atoms with van der Waals surface area (Å²) in [6, 6.07) is -0.802. The smallest absolute Gasteiger partial charge is 0.268 e. The highest BCUT2D eigenvalue weighted by Crippen LogP contribution is 2.38. The number of nitrogens with one attached hydrogen (secondary N) is 1. The van der Waals surface area contributed by atoms with Crippen molar-refractivity contribution in [2.75, 3.05) is 40.9 Å². The molecule has 8 nitrogen and oxygen atoms in total. The van der Waals surface area contributed by atoms with E-state index < -0.39 is 20.0 Å². The molecule has 0 heterocycles. The molecular formula is C58H117N2O6P. The molecule has 0 aliphatic rings. The Morgan fingerprint density at radius 1 is 0.507 bits per heavy atom. The number of rotatable bonds is 55. The molecule has 0 aliphatic carbocycles. The number of carbonyl (C=O) groups excluding carboxylic acids is 1. The zero-order chi connectivity index (χ0) is 49.2. The molecule has 3 atom stereocenters. The predicted octanol–water partition coefficient (Wildman–Crippen LogP) is 17.2. The Bertz CT molecular complexity index is 1100. The van der Waals surface area contributed by atoms with Gasteiger partial charge in [0, 0.05) is 6.42 Å². The van der Waals surface area contributed by atoms with E-state index in [9.17, 15) is 19.4 Å². The van der Waals surface area contributed by atoms with Crippen LogP contribution in [-0.4, -0.2) is 68.5 Å². The molecular weight excluding hydrogens is 852 g/mol. The van der Waals surface area contributed by atoms with Gasteiger partial charge in [0.1, 0.15) is 13.2 Å². The number of hydrogen-bond acceptors (Lipinski definition) is 6. The van der Waals surface area contributed by atoms with Crippen LogP contribution in [0.15, 0.2) is 12.2 Å². The fraction of sp³-hybridized carbons (Fsp3) is 0.948. The first kappa shape index (κ1) is 66.2. The van der Waals surface area contributed by atoms with Crippen molar-refractivity contribution in [1.29, 1.82) is 0 Å². The lowest BCUT2D eigenvalue weighted by molar-refractivity contribution is -0.870. The van der Waals surface area contributed by atoms with E-state index in [2.05, 4.69) is 31.3 Å². The number of allylic oxidation sites excluding steroid dienone is 2. The minimum atomic E-state index is -4.57. The Kier molecular flexibility index (Phi) is 49.6. The van der Waals surface area contributed by atoms with Crippen LogP contribution in [0.2, 0.25) is 0 Å². The first-order valence-electron chi connectivity index (χ1n) is 29.5. The van der Waals surface area contributed by atoms with Crippen molar-refractivity contribution >= 4 is 13.7 Å². The summed E-state index contributed by atoms with van der Waals surface area (Å²) in [5.74, 6) is -0.168. The second kappa shape index (κ2) is 50.2. The third-order valence-electron chi connectivity index (χ3n) is 13.8. The van der Waals surface area contributed by atoms with Crippen LogP contribution in [-0.2, 0) is 18.4 Å². The topological polar surface area (TPSA) is 108 Å². The zero-order valence-corrected chi connectivity index (χ0v) is 46.5. The van der Waals surface area contributed by atoms with Crippen molar-refractivity contribution in [1.82, 2.24) is 5.32 Å². The van der Waals surface area contributed by atoms with Crippen molar-refractivity contribution in [3.05, 3.63) is 12.2 Å². The molecule has 0 saturated carbocycles. The lowest BCUT2D eigenvalue weighted by atomic mass is 10.0. The van der Waals surface area contributed by atoms with Gasteiger partial charge >= 0.3 is 0 Å². The molecule has 0 spiro atoms. The first-order chi connectivity index (χ1) is 32.5. The van der Waals surface area contributed by atoms with E-state index in [-0.39, 0.29) is 19.1 Å². The number of quaternary nitrogens is 1. The maximum Gasteiger partial charge on any atom is 0.268 e. The Morgan fingerprint density at radius 2 is 0.821 bits per heavy atom. The van der Waals surface area contributed by atoms with E-state index in [1.165, 1.54) is 225 Å². The third-order valence-corrected chi connectivity index (χ3v) is 14.7. The van der Waals surface area contributed by atoms with Crippen LogP contribution < -0.4 is 10.2 Å². The van der Waals surface area contributed by atoms with Gasteiger partial charge in [0.15, 0.2) is 0 Å². The molecule has 1 amide bonds. The minimum absolute atomic E-state index is 0.0129. The van der Waals surface area contributed by atoms with E-state index in [1.807, 2.05) is 21.1 Å². The Morgan fingerprint density at radius 3 is 1.16 bits per heavy atom. The molecule has 0 fully saturated rings. The number of carbonyl (C=O) groups is 1. The molecule has 400 valence electrons. The Balaban J connectivity index is 4.06. The van der Waals surface area contributed by atoms with Gasteiger partial charge in [0.25, 0.3) is 7.82 Å². The van der Waals surface area contributed by atoms with Crippen LogP contribution >= 0.6 is 7.82 Å². The Hall–Kier alpha value is -0.760. The molecule has 2 N–H and O–H groups in total. The summed E-state index contributed by atoms with van der Waals surface area (Å²) in [6.07, 6.45) is 61.1. The second-order valence-electron chi connectivity index (χ2n) is 21.7. The molecule has 0 aromatic rings. The largest absolute Gasteiger partial charge is 0.756 e. The van der Waals surface area contributed by atoms with Crippen molar-refractivity contribution in [3.63, 3.8) is 0 Å². The number of hydrogen-bond donors (Lipinski definition) is 2. The fourth-order valence-electron chi connectivity index (χ4n) is 9.10. The number of phosphoric ester groups is 1. The number of likely N-dealkylation sites (N-methyl/N-ethyl adjacent to an activating group) is 1. The van der Waals surface area contributed by atoms with Crippen LogP contribution in [0.3, 0.4) is 0 Å². The lowest BCUT2D eigenvalue weighted by Crippen LogP contribution is -2.46. The monoisotopic (exact) mass is 969 g/mol. The summed E-state index contributed by atoms with van der Waals surface area (Å²) >= 11 is 0. The predicted molar refractivity (Wildman–Crippen MR) is 289 cm³/mol. The lowest BCUT2D eigenvalue weighted by Gasteiger charge is -2.30. The summed E-state index contributed by atoms with van der Waals surface area (Å²) in [6.45, 7) is 4.75. The molecule has 0 aliphatic heterocycles. The molecule has 9 heteroatoms.